The minimum absolute atomic E-state index is 0.161. The lowest BCUT2D eigenvalue weighted by Gasteiger charge is -2.26. The van der Waals surface area contributed by atoms with E-state index >= 15 is 0 Å². The summed E-state index contributed by atoms with van der Waals surface area (Å²) in [5.74, 6) is 1.70. The van der Waals surface area contributed by atoms with E-state index in [-0.39, 0.29) is 11.9 Å². The predicted molar refractivity (Wildman–Crippen MR) is 107 cm³/mol. The molecule has 0 aromatic carbocycles. The highest BCUT2D eigenvalue weighted by atomic mass is 16.1. The van der Waals surface area contributed by atoms with Gasteiger partial charge in [-0.3, -0.25) is 14.7 Å². The van der Waals surface area contributed by atoms with Crippen LogP contribution in [0.4, 0.5) is 0 Å². The van der Waals surface area contributed by atoms with Crippen LogP contribution in [-0.2, 0) is 17.9 Å². The van der Waals surface area contributed by atoms with Gasteiger partial charge < -0.3 is 5.32 Å². The Labute approximate surface area is 166 Å². The van der Waals surface area contributed by atoms with Gasteiger partial charge in [0.1, 0.15) is 5.82 Å². The van der Waals surface area contributed by atoms with Crippen molar-refractivity contribution in [2.24, 2.45) is 0 Å². The van der Waals surface area contributed by atoms with Crippen molar-refractivity contribution in [1.29, 1.82) is 0 Å². The Morgan fingerprint density at radius 3 is 2.36 bits per heavy atom. The number of nitrogens with one attached hydrogen (secondary N) is 1. The highest BCUT2D eigenvalue weighted by Crippen LogP contribution is 2.30. The minimum Gasteiger partial charge on any atom is -0.352 e. The van der Waals surface area contributed by atoms with Crippen LogP contribution in [-0.4, -0.2) is 38.3 Å². The standard InChI is InChI=1S/C22H29N5O/c28-21-7-6-20(26-21)16-27(14-17-8-10-23-11-9-17)15-18-12-24-22(25-13-18)19-4-2-1-3-5-19/h8-13,19-20H,1-7,14-16H2,(H,26,28)/t20-/m0/s1. The van der Waals surface area contributed by atoms with Gasteiger partial charge in [0.2, 0.25) is 5.91 Å². The fourth-order valence-electron chi connectivity index (χ4n) is 4.33. The SMILES string of the molecule is O=C1CC[C@@H](CN(Cc2ccncc2)Cc2cnc(C3CCCCC3)nc2)N1. The third-order valence-corrected chi connectivity index (χ3v) is 5.82. The average Bonchev–Trinajstić information content (AvgIpc) is 3.14. The normalized spacial score (nSPS) is 20.5. The van der Waals surface area contributed by atoms with Crippen LogP contribution in [0.25, 0.3) is 0 Å². The van der Waals surface area contributed by atoms with Gasteiger partial charge in [-0.2, -0.15) is 0 Å². The maximum absolute atomic E-state index is 11.6. The summed E-state index contributed by atoms with van der Waals surface area (Å²) >= 11 is 0. The van der Waals surface area contributed by atoms with E-state index in [4.69, 9.17) is 0 Å². The third-order valence-electron chi connectivity index (χ3n) is 5.82. The van der Waals surface area contributed by atoms with Crippen LogP contribution < -0.4 is 5.32 Å². The summed E-state index contributed by atoms with van der Waals surface area (Å²) in [6.07, 6.45) is 15.5. The number of hydrogen-bond acceptors (Lipinski definition) is 5. The van der Waals surface area contributed by atoms with Crippen molar-refractivity contribution in [3.63, 3.8) is 0 Å². The van der Waals surface area contributed by atoms with E-state index in [0.717, 1.165) is 37.4 Å². The van der Waals surface area contributed by atoms with Gasteiger partial charge in [-0.1, -0.05) is 19.3 Å². The zero-order valence-corrected chi connectivity index (χ0v) is 16.4. The maximum Gasteiger partial charge on any atom is 0.220 e. The summed E-state index contributed by atoms with van der Waals surface area (Å²) < 4.78 is 0. The molecule has 6 nitrogen and oxygen atoms in total. The predicted octanol–water partition coefficient (Wildman–Crippen LogP) is 3.20. The molecule has 1 aliphatic heterocycles. The number of carbonyl (C=O) groups excluding carboxylic acids is 1. The van der Waals surface area contributed by atoms with Gasteiger partial charge in [0.05, 0.1) is 0 Å². The van der Waals surface area contributed by atoms with Gasteiger partial charge in [-0.05, 0) is 37.0 Å². The lowest BCUT2D eigenvalue weighted by atomic mass is 9.89. The van der Waals surface area contributed by atoms with Gasteiger partial charge >= 0.3 is 0 Å². The molecule has 1 amide bonds. The van der Waals surface area contributed by atoms with Crippen LogP contribution in [0, 0.1) is 0 Å². The molecule has 1 N–H and O–H groups in total. The Morgan fingerprint density at radius 2 is 1.68 bits per heavy atom. The van der Waals surface area contributed by atoms with Gasteiger partial charge in [-0.25, -0.2) is 9.97 Å². The van der Waals surface area contributed by atoms with Crippen molar-refractivity contribution in [2.75, 3.05) is 6.54 Å². The smallest absolute Gasteiger partial charge is 0.220 e. The van der Waals surface area contributed by atoms with E-state index in [0.29, 0.717) is 12.3 Å². The first kappa shape index (κ1) is 19.0. The Kier molecular flexibility index (Phi) is 6.27. The van der Waals surface area contributed by atoms with Crippen molar-refractivity contribution in [3.8, 4) is 0 Å². The summed E-state index contributed by atoms with van der Waals surface area (Å²) in [6.45, 7) is 2.43. The van der Waals surface area contributed by atoms with Crippen LogP contribution in [0.15, 0.2) is 36.9 Å². The topological polar surface area (TPSA) is 71.0 Å². The van der Waals surface area contributed by atoms with E-state index in [9.17, 15) is 4.79 Å². The maximum atomic E-state index is 11.6. The largest absolute Gasteiger partial charge is 0.352 e. The second-order valence-electron chi connectivity index (χ2n) is 8.11. The van der Waals surface area contributed by atoms with Crippen LogP contribution in [0.1, 0.15) is 67.8 Å². The number of rotatable bonds is 7. The lowest BCUT2D eigenvalue weighted by Crippen LogP contribution is -2.38. The van der Waals surface area contributed by atoms with Crippen molar-refractivity contribution in [3.05, 3.63) is 53.9 Å². The molecule has 0 unspecified atom stereocenters. The first-order valence-corrected chi connectivity index (χ1v) is 10.5. The van der Waals surface area contributed by atoms with Crippen molar-refractivity contribution in [1.82, 2.24) is 25.2 Å². The van der Waals surface area contributed by atoms with Crippen LogP contribution in [0.5, 0.6) is 0 Å². The first-order valence-electron chi connectivity index (χ1n) is 10.5. The zero-order chi connectivity index (χ0) is 19.2. The molecule has 6 heteroatoms. The lowest BCUT2D eigenvalue weighted by molar-refractivity contribution is -0.119. The molecular weight excluding hydrogens is 350 g/mol. The van der Waals surface area contributed by atoms with E-state index in [1.165, 1.54) is 37.7 Å². The molecule has 2 fully saturated rings. The number of nitrogens with zero attached hydrogens (tertiary/aromatic N) is 4. The first-order chi connectivity index (χ1) is 13.8. The highest BCUT2D eigenvalue weighted by Gasteiger charge is 2.23. The van der Waals surface area contributed by atoms with Gasteiger partial charge in [-0.15, -0.1) is 0 Å². The Morgan fingerprint density at radius 1 is 0.964 bits per heavy atom. The number of aromatic nitrogens is 3. The summed E-state index contributed by atoms with van der Waals surface area (Å²) in [7, 11) is 0. The Hall–Kier alpha value is -2.34. The molecule has 148 valence electrons. The molecule has 3 heterocycles. The van der Waals surface area contributed by atoms with Crippen LogP contribution in [0.2, 0.25) is 0 Å². The van der Waals surface area contributed by atoms with Gasteiger partial charge in [0.15, 0.2) is 0 Å². The summed E-state index contributed by atoms with van der Waals surface area (Å²) in [5, 5.41) is 3.08. The average molecular weight is 380 g/mol. The van der Waals surface area contributed by atoms with Crippen molar-refractivity contribution in [2.45, 2.75) is 70.0 Å². The molecule has 0 radical (unpaired) electrons. The molecule has 1 atom stereocenters. The monoisotopic (exact) mass is 379 g/mol. The van der Waals surface area contributed by atoms with E-state index in [1.807, 2.05) is 36.9 Å². The second-order valence-corrected chi connectivity index (χ2v) is 8.11. The molecule has 1 saturated heterocycles. The fourth-order valence-corrected chi connectivity index (χ4v) is 4.33. The van der Waals surface area contributed by atoms with Gasteiger partial charge in [0, 0.05) is 68.4 Å². The number of pyridine rings is 1. The van der Waals surface area contributed by atoms with Crippen LogP contribution in [0.3, 0.4) is 0 Å². The molecule has 2 aromatic rings. The van der Waals surface area contributed by atoms with E-state index in [2.05, 4.69) is 25.2 Å². The summed E-state index contributed by atoms with van der Waals surface area (Å²) in [6, 6.07) is 4.31. The highest BCUT2D eigenvalue weighted by molar-refractivity contribution is 5.78. The number of amides is 1. The Balaban J connectivity index is 1.42. The third kappa shape index (κ3) is 5.13. The van der Waals surface area contributed by atoms with Crippen molar-refractivity contribution >= 4 is 5.91 Å². The molecular formula is C22H29N5O. The summed E-state index contributed by atoms with van der Waals surface area (Å²) in [4.78, 5) is 27.4. The zero-order valence-electron chi connectivity index (χ0n) is 16.4. The fraction of sp³-hybridized carbons (Fsp3) is 0.545. The quantitative estimate of drug-likeness (QED) is 0.800. The number of hydrogen-bond donors (Lipinski definition) is 1. The second kappa shape index (κ2) is 9.24. The molecule has 28 heavy (non-hydrogen) atoms. The molecule has 0 bridgehead atoms. The molecule has 1 aliphatic carbocycles. The van der Waals surface area contributed by atoms with Gasteiger partial charge in [0.25, 0.3) is 0 Å². The molecule has 4 rings (SSSR count). The summed E-state index contributed by atoms with van der Waals surface area (Å²) in [5.41, 5.74) is 2.34. The van der Waals surface area contributed by atoms with Crippen LogP contribution >= 0.6 is 0 Å². The molecule has 0 spiro atoms. The molecule has 2 aromatic heterocycles. The minimum atomic E-state index is 0.161. The van der Waals surface area contributed by atoms with E-state index in [1.54, 1.807) is 0 Å². The number of carbonyl (C=O) groups is 1. The van der Waals surface area contributed by atoms with E-state index < -0.39 is 0 Å². The molecule has 1 saturated carbocycles. The Bertz CT molecular complexity index is 758. The molecule has 2 aliphatic rings. The van der Waals surface area contributed by atoms with Crippen molar-refractivity contribution < 1.29 is 4.79 Å².